The Labute approximate surface area is 191 Å². The zero-order valence-corrected chi connectivity index (χ0v) is 18.4. The van der Waals surface area contributed by atoms with Gasteiger partial charge in [-0.05, 0) is 48.5 Å². The Morgan fingerprint density at radius 3 is 1.97 bits per heavy atom. The lowest BCUT2D eigenvalue weighted by atomic mass is 10.2. The molecule has 3 aromatic carbocycles. The third-order valence-electron chi connectivity index (χ3n) is 4.55. The van der Waals surface area contributed by atoms with Crippen molar-refractivity contribution in [2.75, 3.05) is 18.0 Å². The fourth-order valence-electron chi connectivity index (χ4n) is 2.74. The number of carbonyl (C=O) groups is 3. The molecule has 0 aliphatic rings. The number of benzene rings is 3. The first kappa shape index (κ1) is 23.5. The van der Waals surface area contributed by atoms with E-state index >= 15 is 0 Å². The molecule has 0 heterocycles. The minimum atomic E-state index is -3.82. The molecule has 0 spiro atoms. The maximum Gasteiger partial charge on any atom is 0.338 e. The number of anilines is 1. The maximum absolute atomic E-state index is 12.8. The number of esters is 1. The average Bonchev–Trinajstić information content (AvgIpc) is 2.86. The highest BCUT2D eigenvalue weighted by molar-refractivity contribution is 7.92. The minimum Gasteiger partial charge on any atom is -0.452 e. The number of hydrogen-bond donors (Lipinski definition) is 2. The van der Waals surface area contributed by atoms with Crippen LogP contribution < -0.4 is 15.2 Å². The second-order valence-electron chi connectivity index (χ2n) is 6.78. The zero-order chi connectivity index (χ0) is 23.8. The van der Waals surface area contributed by atoms with Crippen molar-refractivity contribution in [2.24, 2.45) is 0 Å². The van der Waals surface area contributed by atoms with E-state index in [9.17, 15) is 22.8 Å². The molecule has 2 amide bonds. The molecule has 33 heavy (non-hydrogen) atoms. The predicted octanol–water partition coefficient (Wildman–Crippen LogP) is 2.13. The van der Waals surface area contributed by atoms with Gasteiger partial charge in [-0.2, -0.15) is 0 Å². The number of carbonyl (C=O) groups excluding carboxylic acids is 3. The zero-order valence-electron chi connectivity index (χ0n) is 17.6. The molecule has 0 radical (unpaired) electrons. The normalized spacial score (nSPS) is 10.7. The Kier molecular flexibility index (Phi) is 7.42. The van der Waals surface area contributed by atoms with Crippen molar-refractivity contribution >= 4 is 33.5 Å². The summed E-state index contributed by atoms with van der Waals surface area (Å²) in [6.45, 7) is -0.634. The molecule has 2 N–H and O–H groups in total. The second kappa shape index (κ2) is 10.4. The molecule has 0 saturated heterocycles. The molecular weight excluding hydrogens is 446 g/mol. The number of ether oxygens (including phenoxy) is 1. The standard InChI is InChI=1S/C23H21N3O6S/c1-26(19-10-6-3-7-11-19)33(30,31)20-14-12-18(13-15-20)23(29)32-16-21(27)24-25-22(28)17-8-4-2-5-9-17/h2-15H,16H2,1H3,(H,24,27)(H,25,28). The van der Waals surface area contributed by atoms with Gasteiger partial charge in [0, 0.05) is 12.6 Å². The van der Waals surface area contributed by atoms with Crippen LogP contribution in [-0.2, 0) is 19.6 Å². The summed E-state index contributed by atoms with van der Waals surface area (Å²) in [5, 5.41) is 0. The highest BCUT2D eigenvalue weighted by Crippen LogP contribution is 2.22. The summed E-state index contributed by atoms with van der Waals surface area (Å²) in [6, 6.07) is 22.0. The smallest absolute Gasteiger partial charge is 0.338 e. The van der Waals surface area contributed by atoms with E-state index in [0.717, 1.165) is 4.31 Å². The predicted molar refractivity (Wildman–Crippen MR) is 121 cm³/mol. The van der Waals surface area contributed by atoms with Gasteiger partial charge in [0.15, 0.2) is 6.61 Å². The molecule has 3 rings (SSSR count). The first-order chi connectivity index (χ1) is 15.8. The Balaban J connectivity index is 1.53. The molecule has 170 valence electrons. The van der Waals surface area contributed by atoms with E-state index in [1.807, 2.05) is 0 Å². The van der Waals surface area contributed by atoms with Gasteiger partial charge < -0.3 is 4.74 Å². The Morgan fingerprint density at radius 2 is 1.36 bits per heavy atom. The van der Waals surface area contributed by atoms with Crippen molar-refractivity contribution in [3.8, 4) is 0 Å². The van der Waals surface area contributed by atoms with Crippen LogP contribution in [-0.4, -0.2) is 39.9 Å². The second-order valence-corrected chi connectivity index (χ2v) is 8.75. The lowest BCUT2D eigenvalue weighted by Gasteiger charge is -2.19. The molecule has 3 aromatic rings. The highest BCUT2D eigenvalue weighted by atomic mass is 32.2. The van der Waals surface area contributed by atoms with E-state index < -0.39 is 34.4 Å². The fraction of sp³-hybridized carbons (Fsp3) is 0.0870. The molecule has 10 heteroatoms. The molecule has 0 aliphatic heterocycles. The van der Waals surface area contributed by atoms with Gasteiger partial charge in [-0.3, -0.25) is 24.7 Å². The largest absolute Gasteiger partial charge is 0.452 e. The van der Waals surface area contributed by atoms with E-state index in [1.54, 1.807) is 60.7 Å². The minimum absolute atomic E-state index is 0.00762. The lowest BCUT2D eigenvalue weighted by Crippen LogP contribution is -2.43. The van der Waals surface area contributed by atoms with E-state index in [0.29, 0.717) is 11.3 Å². The molecule has 0 aromatic heterocycles. The Morgan fingerprint density at radius 1 is 0.788 bits per heavy atom. The number of nitrogens with zero attached hydrogens (tertiary/aromatic N) is 1. The molecule has 0 aliphatic carbocycles. The molecule has 9 nitrogen and oxygen atoms in total. The average molecular weight is 468 g/mol. The maximum atomic E-state index is 12.8. The number of hydrogen-bond acceptors (Lipinski definition) is 6. The number of rotatable bonds is 7. The highest BCUT2D eigenvalue weighted by Gasteiger charge is 2.22. The van der Waals surface area contributed by atoms with Crippen molar-refractivity contribution in [3.05, 3.63) is 96.1 Å². The molecular formula is C23H21N3O6S. The Bertz CT molecular complexity index is 1230. The lowest BCUT2D eigenvalue weighted by molar-refractivity contribution is -0.125. The van der Waals surface area contributed by atoms with Crippen LogP contribution in [0.5, 0.6) is 0 Å². The quantitative estimate of drug-likeness (QED) is 0.406. The van der Waals surface area contributed by atoms with E-state index in [4.69, 9.17) is 4.74 Å². The van der Waals surface area contributed by atoms with Crippen LogP contribution in [0.25, 0.3) is 0 Å². The third kappa shape index (κ3) is 5.95. The summed E-state index contributed by atoms with van der Waals surface area (Å²) >= 11 is 0. The van der Waals surface area contributed by atoms with Crippen molar-refractivity contribution in [3.63, 3.8) is 0 Å². The van der Waals surface area contributed by atoms with Gasteiger partial charge >= 0.3 is 5.97 Å². The van der Waals surface area contributed by atoms with Gasteiger partial charge in [0.25, 0.3) is 21.8 Å². The van der Waals surface area contributed by atoms with E-state index in [-0.39, 0.29) is 10.5 Å². The van der Waals surface area contributed by atoms with Crippen molar-refractivity contribution in [1.29, 1.82) is 0 Å². The number of nitrogens with one attached hydrogen (secondary N) is 2. The van der Waals surface area contributed by atoms with Gasteiger partial charge in [0.1, 0.15) is 0 Å². The van der Waals surface area contributed by atoms with Crippen molar-refractivity contribution < 1.29 is 27.5 Å². The summed E-state index contributed by atoms with van der Waals surface area (Å²) in [5.41, 5.74) is 5.26. The SMILES string of the molecule is CN(c1ccccc1)S(=O)(=O)c1ccc(C(=O)OCC(=O)NNC(=O)c2ccccc2)cc1. The van der Waals surface area contributed by atoms with E-state index in [2.05, 4.69) is 10.9 Å². The van der Waals surface area contributed by atoms with Crippen LogP contribution in [0, 0.1) is 0 Å². The number of para-hydroxylation sites is 1. The van der Waals surface area contributed by atoms with Crippen LogP contribution in [0.2, 0.25) is 0 Å². The first-order valence-corrected chi connectivity index (χ1v) is 11.2. The molecule has 0 bridgehead atoms. The first-order valence-electron chi connectivity index (χ1n) is 9.74. The molecule has 0 atom stereocenters. The van der Waals surface area contributed by atoms with Crippen molar-refractivity contribution in [1.82, 2.24) is 10.9 Å². The van der Waals surface area contributed by atoms with Gasteiger partial charge in [0.2, 0.25) is 0 Å². The van der Waals surface area contributed by atoms with Crippen LogP contribution in [0.4, 0.5) is 5.69 Å². The van der Waals surface area contributed by atoms with Gasteiger partial charge in [0.05, 0.1) is 16.1 Å². The van der Waals surface area contributed by atoms with Gasteiger partial charge in [-0.25, -0.2) is 13.2 Å². The van der Waals surface area contributed by atoms with Crippen LogP contribution in [0.15, 0.2) is 89.8 Å². The summed E-state index contributed by atoms with van der Waals surface area (Å²) in [5.74, 6) is -2.08. The topological polar surface area (TPSA) is 122 Å². The molecule has 0 saturated carbocycles. The number of hydrazine groups is 1. The summed E-state index contributed by atoms with van der Waals surface area (Å²) in [6.07, 6.45) is 0. The van der Waals surface area contributed by atoms with Crippen LogP contribution in [0.3, 0.4) is 0 Å². The van der Waals surface area contributed by atoms with Crippen LogP contribution >= 0.6 is 0 Å². The number of sulfonamides is 1. The summed E-state index contributed by atoms with van der Waals surface area (Å²) in [7, 11) is -2.39. The third-order valence-corrected chi connectivity index (χ3v) is 6.35. The van der Waals surface area contributed by atoms with Crippen LogP contribution in [0.1, 0.15) is 20.7 Å². The van der Waals surface area contributed by atoms with Gasteiger partial charge in [-0.15, -0.1) is 0 Å². The molecule has 0 unspecified atom stereocenters. The fourth-order valence-corrected chi connectivity index (χ4v) is 3.93. The molecule has 0 fully saturated rings. The summed E-state index contributed by atoms with van der Waals surface area (Å²) in [4.78, 5) is 35.9. The number of amides is 2. The monoisotopic (exact) mass is 467 g/mol. The van der Waals surface area contributed by atoms with E-state index in [1.165, 1.54) is 31.3 Å². The summed E-state index contributed by atoms with van der Waals surface area (Å²) < 4.78 is 31.6. The van der Waals surface area contributed by atoms with Gasteiger partial charge in [-0.1, -0.05) is 36.4 Å². The Hall–Kier alpha value is -4.18. The van der Waals surface area contributed by atoms with Crippen molar-refractivity contribution in [2.45, 2.75) is 4.90 Å².